The molecule has 0 aliphatic rings. The van der Waals surface area contributed by atoms with Crippen LogP contribution >= 0.6 is 11.6 Å². The molecule has 0 N–H and O–H groups in total. The number of ether oxygens (including phenoxy) is 1. The number of hydrogen-bond acceptors (Lipinski definition) is 4. The van der Waals surface area contributed by atoms with E-state index < -0.39 is 0 Å². The Morgan fingerprint density at radius 2 is 1.92 bits per heavy atom. The first-order valence-corrected chi connectivity index (χ1v) is 8.38. The van der Waals surface area contributed by atoms with Gasteiger partial charge in [0.05, 0.1) is 6.61 Å². The van der Waals surface area contributed by atoms with Gasteiger partial charge in [0, 0.05) is 16.1 Å². The Bertz CT molecular complexity index is 875. The molecule has 0 fully saturated rings. The number of carbonyl (C=O) groups is 1. The number of aromatic nitrogens is 3. The molecule has 0 aliphatic carbocycles. The van der Waals surface area contributed by atoms with Crippen LogP contribution in [0.4, 0.5) is 0 Å². The largest absolute Gasteiger partial charge is 0.462 e. The highest BCUT2D eigenvalue weighted by atomic mass is 35.5. The van der Waals surface area contributed by atoms with E-state index >= 15 is 0 Å². The summed E-state index contributed by atoms with van der Waals surface area (Å²) in [6, 6.07) is 16.3. The Labute approximate surface area is 151 Å². The van der Waals surface area contributed by atoms with E-state index in [2.05, 4.69) is 10.1 Å². The average Bonchev–Trinajstić information content (AvgIpc) is 3.04. The minimum absolute atomic E-state index is 0.174. The minimum atomic E-state index is -0.275. The predicted molar refractivity (Wildman–Crippen MR) is 97.0 cm³/mol. The molecule has 0 unspecified atom stereocenters. The maximum atomic E-state index is 12.8. The molecule has 0 radical (unpaired) electrons. The van der Waals surface area contributed by atoms with Crippen LogP contribution in [0.1, 0.15) is 24.2 Å². The zero-order valence-electron chi connectivity index (χ0n) is 14.0. The summed E-state index contributed by atoms with van der Waals surface area (Å²) in [5.74, 6) is 0.448. The van der Waals surface area contributed by atoms with Gasteiger partial charge in [0.25, 0.3) is 5.91 Å². The fourth-order valence-corrected chi connectivity index (χ4v) is 2.44. The molecule has 3 aromatic rings. The van der Waals surface area contributed by atoms with Gasteiger partial charge in [-0.25, -0.2) is 0 Å². The Balaban J connectivity index is 2.04. The number of carbonyl (C=O) groups excluding carboxylic acids is 1. The van der Waals surface area contributed by atoms with Crippen molar-refractivity contribution in [2.24, 2.45) is 5.92 Å². The van der Waals surface area contributed by atoms with Gasteiger partial charge in [-0.3, -0.25) is 4.79 Å². The van der Waals surface area contributed by atoms with E-state index in [-0.39, 0.29) is 11.9 Å². The van der Waals surface area contributed by atoms with E-state index in [4.69, 9.17) is 16.3 Å². The number of halogens is 1. The fourth-order valence-electron chi connectivity index (χ4n) is 2.25. The molecule has 0 saturated carbocycles. The van der Waals surface area contributed by atoms with Crippen molar-refractivity contribution >= 4 is 17.5 Å². The molecular formula is C19H18ClN3O2. The summed E-state index contributed by atoms with van der Waals surface area (Å²) >= 11 is 6.08. The first-order valence-electron chi connectivity index (χ1n) is 8.00. The first-order chi connectivity index (χ1) is 12.0. The van der Waals surface area contributed by atoms with E-state index in [1.165, 1.54) is 4.68 Å². The Kier molecular flexibility index (Phi) is 5.14. The molecule has 1 aromatic heterocycles. The van der Waals surface area contributed by atoms with Crippen molar-refractivity contribution in [2.75, 3.05) is 6.61 Å². The highest BCUT2D eigenvalue weighted by Crippen LogP contribution is 2.24. The third-order valence-electron chi connectivity index (χ3n) is 3.43. The lowest BCUT2D eigenvalue weighted by Gasteiger charge is -2.05. The second kappa shape index (κ2) is 7.49. The van der Waals surface area contributed by atoms with E-state index in [1.54, 1.807) is 42.5 Å². The maximum Gasteiger partial charge on any atom is 0.336 e. The van der Waals surface area contributed by atoms with Crippen LogP contribution in [0.2, 0.25) is 5.02 Å². The molecule has 2 aromatic carbocycles. The molecular weight excluding hydrogens is 338 g/mol. The van der Waals surface area contributed by atoms with Crippen molar-refractivity contribution in [1.82, 2.24) is 14.8 Å². The molecule has 1 heterocycles. The van der Waals surface area contributed by atoms with Crippen LogP contribution in [-0.2, 0) is 0 Å². The van der Waals surface area contributed by atoms with Gasteiger partial charge in [0.2, 0.25) is 0 Å². The number of rotatable bonds is 5. The van der Waals surface area contributed by atoms with Crippen molar-refractivity contribution in [3.05, 3.63) is 65.2 Å². The molecule has 0 aliphatic heterocycles. The second-order valence-corrected chi connectivity index (χ2v) is 6.45. The topological polar surface area (TPSA) is 57.0 Å². The van der Waals surface area contributed by atoms with E-state index in [9.17, 15) is 4.79 Å². The zero-order chi connectivity index (χ0) is 17.8. The Morgan fingerprint density at radius 1 is 1.16 bits per heavy atom. The van der Waals surface area contributed by atoms with Crippen molar-refractivity contribution < 1.29 is 9.53 Å². The first kappa shape index (κ1) is 17.2. The zero-order valence-corrected chi connectivity index (χ0v) is 14.8. The monoisotopic (exact) mass is 355 g/mol. The smallest absolute Gasteiger partial charge is 0.336 e. The van der Waals surface area contributed by atoms with Gasteiger partial charge in [-0.05, 0) is 30.2 Å². The summed E-state index contributed by atoms with van der Waals surface area (Å²) in [6.45, 7) is 4.53. The van der Waals surface area contributed by atoms with Gasteiger partial charge in [-0.2, -0.15) is 9.67 Å². The molecule has 0 saturated heterocycles. The van der Waals surface area contributed by atoms with Crippen molar-refractivity contribution in [3.63, 3.8) is 0 Å². The highest BCUT2D eigenvalue weighted by molar-refractivity contribution is 6.30. The van der Waals surface area contributed by atoms with Crippen molar-refractivity contribution in [1.29, 1.82) is 0 Å². The van der Waals surface area contributed by atoms with E-state index in [1.807, 2.05) is 26.0 Å². The number of hydrogen-bond donors (Lipinski definition) is 0. The van der Waals surface area contributed by atoms with Gasteiger partial charge in [0.1, 0.15) is 0 Å². The fraction of sp³-hybridized carbons (Fsp3) is 0.211. The lowest BCUT2D eigenvalue weighted by molar-refractivity contribution is 0.0944. The van der Waals surface area contributed by atoms with E-state index in [0.717, 1.165) is 0 Å². The number of benzene rings is 2. The average molecular weight is 356 g/mol. The summed E-state index contributed by atoms with van der Waals surface area (Å²) in [5.41, 5.74) is 1.22. The van der Waals surface area contributed by atoms with E-state index in [0.29, 0.717) is 34.5 Å². The van der Waals surface area contributed by atoms with Crippen molar-refractivity contribution in [2.45, 2.75) is 13.8 Å². The summed E-state index contributed by atoms with van der Waals surface area (Å²) in [6.07, 6.45) is 0. The molecule has 6 heteroatoms. The van der Waals surface area contributed by atoms with Crippen LogP contribution in [0.3, 0.4) is 0 Å². The van der Waals surface area contributed by atoms with Crippen LogP contribution in [0.15, 0.2) is 54.6 Å². The molecule has 0 bridgehead atoms. The van der Waals surface area contributed by atoms with Crippen LogP contribution in [0.25, 0.3) is 11.4 Å². The number of nitrogens with zero attached hydrogens (tertiary/aromatic N) is 3. The van der Waals surface area contributed by atoms with Crippen molar-refractivity contribution in [3.8, 4) is 17.4 Å². The third-order valence-corrected chi connectivity index (χ3v) is 3.66. The standard InChI is InChI=1S/C19H18ClN3O2/c1-13(2)12-25-19-21-17(15-9-6-10-16(20)11-15)23(22-19)18(24)14-7-4-3-5-8-14/h3-11,13H,12H2,1-2H3. The third kappa shape index (κ3) is 4.06. The van der Waals surface area contributed by atoms with Gasteiger partial charge in [0.15, 0.2) is 5.82 Å². The molecule has 3 rings (SSSR count). The molecule has 25 heavy (non-hydrogen) atoms. The van der Waals surface area contributed by atoms with Crippen LogP contribution in [-0.4, -0.2) is 27.3 Å². The van der Waals surface area contributed by atoms with Gasteiger partial charge in [-0.1, -0.05) is 55.8 Å². The van der Waals surface area contributed by atoms with Gasteiger partial charge < -0.3 is 4.74 Å². The lowest BCUT2D eigenvalue weighted by Crippen LogP contribution is -2.15. The quantitative estimate of drug-likeness (QED) is 0.683. The second-order valence-electron chi connectivity index (χ2n) is 6.02. The molecule has 0 atom stereocenters. The molecule has 0 spiro atoms. The summed E-state index contributed by atoms with van der Waals surface area (Å²) in [4.78, 5) is 17.2. The normalized spacial score (nSPS) is 10.9. The summed E-state index contributed by atoms with van der Waals surface area (Å²) < 4.78 is 6.86. The lowest BCUT2D eigenvalue weighted by atomic mass is 10.2. The van der Waals surface area contributed by atoms with Gasteiger partial charge in [-0.15, -0.1) is 5.10 Å². The SMILES string of the molecule is CC(C)COc1nc(-c2cccc(Cl)c2)n(C(=O)c2ccccc2)n1. The van der Waals surface area contributed by atoms with Crippen LogP contribution in [0.5, 0.6) is 6.01 Å². The predicted octanol–water partition coefficient (Wildman–Crippen LogP) is 4.32. The molecule has 128 valence electrons. The summed E-state index contributed by atoms with van der Waals surface area (Å²) in [5, 5.41) is 4.81. The highest BCUT2D eigenvalue weighted by Gasteiger charge is 2.20. The summed E-state index contributed by atoms with van der Waals surface area (Å²) in [7, 11) is 0. The van der Waals surface area contributed by atoms with Crippen LogP contribution < -0.4 is 4.74 Å². The molecule has 5 nitrogen and oxygen atoms in total. The van der Waals surface area contributed by atoms with Crippen LogP contribution in [0, 0.1) is 5.92 Å². The molecule has 0 amide bonds. The maximum absolute atomic E-state index is 12.8. The Morgan fingerprint density at radius 3 is 2.60 bits per heavy atom. The Hall–Kier alpha value is -2.66. The van der Waals surface area contributed by atoms with Gasteiger partial charge >= 0.3 is 6.01 Å². The minimum Gasteiger partial charge on any atom is -0.462 e.